The molecule has 0 amide bonds. The zero-order valence-electron chi connectivity index (χ0n) is 9.71. The lowest BCUT2D eigenvalue weighted by molar-refractivity contribution is 0.507. The van der Waals surface area contributed by atoms with Gasteiger partial charge in [0.05, 0.1) is 5.69 Å². The second-order valence-electron chi connectivity index (χ2n) is 4.18. The number of nitrogens with two attached hydrogens (primary N) is 1. The Morgan fingerprint density at radius 2 is 1.94 bits per heavy atom. The summed E-state index contributed by atoms with van der Waals surface area (Å²) < 4.78 is 27.5. The van der Waals surface area contributed by atoms with Crippen molar-refractivity contribution < 1.29 is 8.78 Å². The van der Waals surface area contributed by atoms with Crippen molar-refractivity contribution in [1.82, 2.24) is 0 Å². The van der Waals surface area contributed by atoms with Gasteiger partial charge in [0.1, 0.15) is 4.99 Å². The molecule has 2 rings (SSSR count). The fourth-order valence-electron chi connectivity index (χ4n) is 1.91. The maximum Gasteiger partial charge on any atom is 0.182 e. The summed E-state index contributed by atoms with van der Waals surface area (Å²) in [6.45, 7) is 0. The van der Waals surface area contributed by atoms with E-state index in [0.717, 1.165) is 24.3 Å². The Kier molecular flexibility index (Phi) is 4.40. The Morgan fingerprint density at radius 1 is 1.28 bits per heavy atom. The first kappa shape index (κ1) is 13.5. The SMILES string of the molecule is NC(=S)c1ccc(NC2CCSCC2)c(F)c1F. The maximum absolute atomic E-state index is 13.8. The van der Waals surface area contributed by atoms with Crippen LogP contribution in [0, 0.1) is 11.6 Å². The topological polar surface area (TPSA) is 38.0 Å². The van der Waals surface area contributed by atoms with Crippen molar-refractivity contribution in [2.24, 2.45) is 5.73 Å². The molecule has 0 unspecified atom stereocenters. The van der Waals surface area contributed by atoms with Gasteiger partial charge in [0.2, 0.25) is 0 Å². The molecule has 1 saturated heterocycles. The molecule has 0 aromatic heterocycles. The van der Waals surface area contributed by atoms with Gasteiger partial charge in [0.15, 0.2) is 11.6 Å². The van der Waals surface area contributed by atoms with Crippen LogP contribution < -0.4 is 11.1 Å². The first-order chi connectivity index (χ1) is 8.59. The number of benzene rings is 1. The predicted octanol–water partition coefficient (Wildman–Crippen LogP) is 2.91. The summed E-state index contributed by atoms with van der Waals surface area (Å²) in [5, 5.41) is 3.04. The van der Waals surface area contributed by atoms with E-state index in [1.807, 2.05) is 11.8 Å². The van der Waals surface area contributed by atoms with Gasteiger partial charge in [-0.25, -0.2) is 8.78 Å². The van der Waals surface area contributed by atoms with Crippen molar-refractivity contribution in [2.45, 2.75) is 18.9 Å². The number of hydrogen-bond donors (Lipinski definition) is 2. The molecule has 0 spiro atoms. The van der Waals surface area contributed by atoms with Crippen LogP contribution in [-0.2, 0) is 0 Å². The lowest BCUT2D eigenvalue weighted by atomic mass is 10.1. The summed E-state index contributed by atoms with van der Waals surface area (Å²) in [7, 11) is 0. The van der Waals surface area contributed by atoms with E-state index >= 15 is 0 Å². The number of hydrogen-bond acceptors (Lipinski definition) is 3. The number of nitrogens with one attached hydrogen (secondary N) is 1. The minimum absolute atomic E-state index is 0.0488. The van der Waals surface area contributed by atoms with Crippen molar-refractivity contribution in [3.63, 3.8) is 0 Å². The Bertz CT molecular complexity index is 460. The summed E-state index contributed by atoms with van der Waals surface area (Å²) in [4.78, 5) is -0.132. The summed E-state index contributed by atoms with van der Waals surface area (Å²) in [5.41, 5.74) is 5.46. The number of rotatable bonds is 3. The summed E-state index contributed by atoms with van der Waals surface area (Å²) in [6.07, 6.45) is 1.92. The minimum Gasteiger partial charge on any atom is -0.389 e. The van der Waals surface area contributed by atoms with E-state index in [4.69, 9.17) is 5.73 Å². The number of anilines is 1. The first-order valence-corrected chi connectivity index (χ1v) is 7.28. The fourth-order valence-corrected chi connectivity index (χ4v) is 3.18. The molecule has 1 aromatic rings. The van der Waals surface area contributed by atoms with Crippen LogP contribution in [-0.4, -0.2) is 22.5 Å². The summed E-state index contributed by atoms with van der Waals surface area (Å²) in [6, 6.07) is 3.12. The molecule has 3 N–H and O–H groups in total. The molecule has 0 bridgehead atoms. The third kappa shape index (κ3) is 2.92. The monoisotopic (exact) mass is 288 g/mol. The molecule has 0 aliphatic carbocycles. The van der Waals surface area contributed by atoms with Crippen molar-refractivity contribution in [3.8, 4) is 0 Å². The van der Waals surface area contributed by atoms with Gasteiger partial charge in [-0.15, -0.1) is 0 Å². The average Bonchev–Trinajstić information content (AvgIpc) is 2.36. The smallest absolute Gasteiger partial charge is 0.182 e. The van der Waals surface area contributed by atoms with Crippen molar-refractivity contribution >= 4 is 34.7 Å². The number of thiocarbonyl (C=S) groups is 1. The van der Waals surface area contributed by atoms with Gasteiger partial charge in [-0.3, -0.25) is 0 Å². The quantitative estimate of drug-likeness (QED) is 0.839. The van der Waals surface area contributed by atoms with E-state index in [-0.39, 0.29) is 22.3 Å². The highest BCUT2D eigenvalue weighted by molar-refractivity contribution is 7.99. The summed E-state index contributed by atoms with van der Waals surface area (Å²) in [5.74, 6) is 0.218. The minimum atomic E-state index is -0.974. The third-order valence-electron chi connectivity index (χ3n) is 2.93. The molecule has 0 radical (unpaired) electrons. The highest BCUT2D eigenvalue weighted by Crippen LogP contribution is 2.25. The average molecular weight is 288 g/mol. The molecule has 1 aliphatic rings. The molecule has 1 aliphatic heterocycles. The zero-order valence-corrected chi connectivity index (χ0v) is 11.3. The van der Waals surface area contributed by atoms with Gasteiger partial charge in [0, 0.05) is 11.6 Å². The predicted molar refractivity (Wildman–Crippen MR) is 76.2 cm³/mol. The molecular formula is C12H14F2N2S2. The Morgan fingerprint density at radius 3 is 2.56 bits per heavy atom. The number of thioether (sulfide) groups is 1. The van der Waals surface area contributed by atoms with Crippen LogP contribution in [0.1, 0.15) is 18.4 Å². The molecule has 18 heavy (non-hydrogen) atoms. The highest BCUT2D eigenvalue weighted by Gasteiger charge is 2.19. The van der Waals surface area contributed by atoms with Crippen molar-refractivity contribution in [3.05, 3.63) is 29.3 Å². The molecule has 98 valence electrons. The molecular weight excluding hydrogens is 274 g/mol. The second-order valence-corrected chi connectivity index (χ2v) is 5.85. The lowest BCUT2D eigenvalue weighted by Gasteiger charge is -2.24. The van der Waals surface area contributed by atoms with Crippen LogP contribution in [0.25, 0.3) is 0 Å². The van der Waals surface area contributed by atoms with Crippen LogP contribution in [0.4, 0.5) is 14.5 Å². The molecule has 0 saturated carbocycles. The molecule has 6 heteroatoms. The normalized spacial score (nSPS) is 16.6. The van der Waals surface area contributed by atoms with Gasteiger partial charge in [-0.1, -0.05) is 12.2 Å². The van der Waals surface area contributed by atoms with E-state index in [1.165, 1.54) is 12.1 Å². The lowest BCUT2D eigenvalue weighted by Crippen LogP contribution is -2.25. The van der Waals surface area contributed by atoms with Crippen LogP contribution in [0.15, 0.2) is 12.1 Å². The standard InChI is InChI=1S/C12H14F2N2S2/c13-10-8(12(15)17)1-2-9(11(10)14)16-7-3-5-18-6-4-7/h1-2,7,16H,3-6H2,(H2,15,17). The zero-order chi connectivity index (χ0) is 13.1. The second kappa shape index (κ2) is 5.84. The summed E-state index contributed by atoms with van der Waals surface area (Å²) >= 11 is 6.54. The van der Waals surface area contributed by atoms with Crippen LogP contribution >= 0.6 is 24.0 Å². The Balaban J connectivity index is 2.18. The van der Waals surface area contributed by atoms with Gasteiger partial charge < -0.3 is 11.1 Å². The molecule has 1 aromatic carbocycles. The van der Waals surface area contributed by atoms with Crippen LogP contribution in [0.2, 0.25) is 0 Å². The third-order valence-corrected chi connectivity index (χ3v) is 4.20. The first-order valence-electron chi connectivity index (χ1n) is 5.71. The highest BCUT2D eigenvalue weighted by atomic mass is 32.2. The van der Waals surface area contributed by atoms with E-state index in [9.17, 15) is 8.78 Å². The van der Waals surface area contributed by atoms with E-state index in [1.54, 1.807) is 0 Å². The molecule has 2 nitrogen and oxygen atoms in total. The maximum atomic E-state index is 13.8. The van der Waals surface area contributed by atoms with Crippen molar-refractivity contribution in [2.75, 3.05) is 16.8 Å². The number of halogens is 2. The Hall–Kier alpha value is -0.880. The van der Waals surface area contributed by atoms with Gasteiger partial charge in [0.25, 0.3) is 0 Å². The van der Waals surface area contributed by atoms with E-state index in [0.29, 0.717) is 0 Å². The largest absolute Gasteiger partial charge is 0.389 e. The molecule has 1 heterocycles. The van der Waals surface area contributed by atoms with Gasteiger partial charge in [-0.05, 0) is 36.5 Å². The van der Waals surface area contributed by atoms with Gasteiger partial charge >= 0.3 is 0 Å². The van der Waals surface area contributed by atoms with Gasteiger partial charge in [-0.2, -0.15) is 11.8 Å². The van der Waals surface area contributed by atoms with Crippen molar-refractivity contribution in [1.29, 1.82) is 0 Å². The Labute approximate surface area is 114 Å². The van der Waals surface area contributed by atoms with Crippen LogP contribution in [0.5, 0.6) is 0 Å². The van der Waals surface area contributed by atoms with E-state index in [2.05, 4.69) is 17.5 Å². The molecule has 0 atom stereocenters. The molecule has 1 fully saturated rings. The van der Waals surface area contributed by atoms with Crippen LogP contribution in [0.3, 0.4) is 0 Å². The van der Waals surface area contributed by atoms with E-state index < -0.39 is 11.6 Å². The fraction of sp³-hybridized carbons (Fsp3) is 0.417.